The Bertz CT molecular complexity index is 815. The van der Waals surface area contributed by atoms with Crippen LogP contribution in [0.4, 0.5) is 28.9 Å². The summed E-state index contributed by atoms with van der Waals surface area (Å²) in [6.07, 6.45) is -4.45. The van der Waals surface area contributed by atoms with E-state index in [2.05, 4.69) is 10.2 Å². The van der Waals surface area contributed by atoms with E-state index in [1.165, 1.54) is 24.3 Å². The summed E-state index contributed by atoms with van der Waals surface area (Å²) in [5.41, 5.74) is 0.274. The molecule has 1 aliphatic rings. The number of nitrogens with zero attached hydrogens (tertiary/aromatic N) is 1. The molecule has 4 nitrogen and oxygen atoms in total. The average Bonchev–Trinajstić information content (AvgIpc) is 2.68. The first kappa shape index (κ1) is 20.1. The van der Waals surface area contributed by atoms with Crippen molar-refractivity contribution in [2.24, 2.45) is 0 Å². The van der Waals surface area contributed by atoms with Crippen LogP contribution < -0.4 is 15.1 Å². The molecule has 1 aliphatic heterocycles. The van der Waals surface area contributed by atoms with Crippen LogP contribution in [0.2, 0.25) is 0 Å². The first-order chi connectivity index (χ1) is 13.2. The predicted molar refractivity (Wildman–Crippen MR) is 98.8 cm³/mol. The summed E-state index contributed by atoms with van der Waals surface area (Å²) in [7, 11) is 0. The Hall–Kier alpha value is -2.61. The molecule has 3 rings (SSSR count). The summed E-state index contributed by atoms with van der Waals surface area (Å²) in [5.74, 6) is -0.600. The zero-order chi connectivity index (χ0) is 20.3. The van der Waals surface area contributed by atoms with E-state index in [1.807, 2.05) is 0 Å². The van der Waals surface area contributed by atoms with E-state index in [-0.39, 0.29) is 17.4 Å². The lowest BCUT2D eigenvalue weighted by molar-refractivity contribution is -0.914. The SMILES string of the molecule is C[C@@H](C(=O)Nc1cccc(C(F)(F)F)c1)[NH+]1CCN(c2ccc(F)cc2)CC1. The van der Waals surface area contributed by atoms with Gasteiger partial charge in [-0.25, -0.2) is 4.39 Å². The van der Waals surface area contributed by atoms with Gasteiger partial charge >= 0.3 is 6.18 Å². The van der Waals surface area contributed by atoms with Crippen molar-refractivity contribution in [3.63, 3.8) is 0 Å². The van der Waals surface area contributed by atoms with Gasteiger partial charge in [-0.3, -0.25) is 4.79 Å². The summed E-state index contributed by atoms with van der Waals surface area (Å²) in [4.78, 5) is 15.7. The van der Waals surface area contributed by atoms with E-state index >= 15 is 0 Å². The second-order valence-electron chi connectivity index (χ2n) is 6.91. The highest BCUT2D eigenvalue weighted by Crippen LogP contribution is 2.30. The summed E-state index contributed by atoms with van der Waals surface area (Å²) in [6.45, 7) is 4.60. The lowest BCUT2D eigenvalue weighted by Gasteiger charge is -2.36. The molecule has 0 spiro atoms. The number of carbonyl (C=O) groups is 1. The number of quaternary nitrogens is 1. The van der Waals surface area contributed by atoms with Gasteiger partial charge < -0.3 is 15.1 Å². The Morgan fingerprint density at radius 2 is 1.75 bits per heavy atom. The minimum absolute atomic E-state index is 0.135. The molecule has 0 saturated carbocycles. The number of amides is 1. The summed E-state index contributed by atoms with van der Waals surface area (Å²) in [6, 6.07) is 10.5. The number of alkyl halides is 3. The fourth-order valence-electron chi connectivity index (χ4n) is 3.35. The van der Waals surface area contributed by atoms with Gasteiger partial charge in [0.25, 0.3) is 5.91 Å². The molecule has 8 heteroatoms. The summed E-state index contributed by atoms with van der Waals surface area (Å²) >= 11 is 0. The highest BCUT2D eigenvalue weighted by molar-refractivity contribution is 5.93. The molecule has 2 N–H and O–H groups in total. The Labute approximate surface area is 160 Å². The minimum Gasteiger partial charge on any atom is -0.360 e. The van der Waals surface area contributed by atoms with E-state index in [4.69, 9.17) is 0 Å². The molecule has 2 aromatic carbocycles. The first-order valence-electron chi connectivity index (χ1n) is 9.07. The van der Waals surface area contributed by atoms with Crippen molar-refractivity contribution in [1.29, 1.82) is 0 Å². The molecular formula is C20H22F4N3O+. The van der Waals surface area contributed by atoms with Crippen molar-refractivity contribution in [3.8, 4) is 0 Å². The van der Waals surface area contributed by atoms with Crippen molar-refractivity contribution in [3.05, 3.63) is 59.9 Å². The van der Waals surface area contributed by atoms with E-state index in [0.717, 1.165) is 22.7 Å². The molecule has 1 heterocycles. The van der Waals surface area contributed by atoms with Crippen LogP contribution in [-0.2, 0) is 11.0 Å². The zero-order valence-corrected chi connectivity index (χ0v) is 15.4. The van der Waals surface area contributed by atoms with Gasteiger partial charge in [-0.15, -0.1) is 0 Å². The Kier molecular flexibility index (Phi) is 5.88. The second-order valence-corrected chi connectivity index (χ2v) is 6.91. The molecule has 0 aliphatic carbocycles. The van der Waals surface area contributed by atoms with Crippen LogP contribution in [0.15, 0.2) is 48.5 Å². The quantitative estimate of drug-likeness (QED) is 0.780. The molecule has 2 aromatic rings. The standard InChI is InChI=1S/C20H21F4N3O/c1-14(19(28)25-17-4-2-3-15(13-17)20(22,23)24)26-9-11-27(12-10-26)18-7-5-16(21)6-8-18/h2-8,13-14H,9-12H2,1H3,(H,25,28)/p+1/t14-/m0/s1. The van der Waals surface area contributed by atoms with Crippen molar-refractivity contribution in [1.82, 2.24) is 0 Å². The van der Waals surface area contributed by atoms with Crippen LogP contribution in [0.1, 0.15) is 12.5 Å². The maximum Gasteiger partial charge on any atom is 0.416 e. The third kappa shape index (κ3) is 4.81. The number of rotatable bonds is 4. The van der Waals surface area contributed by atoms with Crippen LogP contribution in [0.3, 0.4) is 0 Å². The number of piperazine rings is 1. The van der Waals surface area contributed by atoms with E-state index in [0.29, 0.717) is 26.2 Å². The predicted octanol–water partition coefficient (Wildman–Crippen LogP) is 2.58. The highest BCUT2D eigenvalue weighted by atomic mass is 19.4. The van der Waals surface area contributed by atoms with E-state index < -0.39 is 17.8 Å². The largest absolute Gasteiger partial charge is 0.416 e. The minimum atomic E-state index is -4.45. The van der Waals surface area contributed by atoms with E-state index in [1.54, 1.807) is 19.1 Å². The number of hydrogen-bond donors (Lipinski definition) is 2. The third-order valence-corrected chi connectivity index (χ3v) is 5.06. The van der Waals surface area contributed by atoms with Crippen LogP contribution >= 0.6 is 0 Å². The first-order valence-corrected chi connectivity index (χ1v) is 9.07. The molecule has 1 atom stereocenters. The molecule has 0 bridgehead atoms. The van der Waals surface area contributed by atoms with Crippen LogP contribution in [-0.4, -0.2) is 38.1 Å². The van der Waals surface area contributed by atoms with Gasteiger partial charge in [0.15, 0.2) is 6.04 Å². The zero-order valence-electron chi connectivity index (χ0n) is 15.4. The molecule has 1 amide bonds. The maximum atomic E-state index is 13.1. The summed E-state index contributed by atoms with van der Waals surface area (Å²) < 4.78 is 51.5. The number of anilines is 2. The molecule has 1 saturated heterocycles. The fourth-order valence-corrected chi connectivity index (χ4v) is 3.35. The van der Waals surface area contributed by atoms with Gasteiger partial charge in [0.1, 0.15) is 5.82 Å². The van der Waals surface area contributed by atoms with Gasteiger partial charge in [0.05, 0.1) is 31.7 Å². The smallest absolute Gasteiger partial charge is 0.360 e. The number of halogens is 4. The number of hydrogen-bond acceptors (Lipinski definition) is 2. The monoisotopic (exact) mass is 396 g/mol. The molecule has 28 heavy (non-hydrogen) atoms. The molecule has 150 valence electrons. The van der Waals surface area contributed by atoms with Crippen molar-refractivity contribution in [2.75, 3.05) is 36.4 Å². The van der Waals surface area contributed by atoms with Crippen molar-refractivity contribution >= 4 is 17.3 Å². The van der Waals surface area contributed by atoms with Crippen LogP contribution in [0.25, 0.3) is 0 Å². The topological polar surface area (TPSA) is 36.8 Å². The van der Waals surface area contributed by atoms with Crippen LogP contribution in [0.5, 0.6) is 0 Å². The highest BCUT2D eigenvalue weighted by Gasteiger charge is 2.32. The molecule has 0 aromatic heterocycles. The maximum absolute atomic E-state index is 13.1. The Morgan fingerprint density at radius 1 is 1.11 bits per heavy atom. The van der Waals surface area contributed by atoms with Crippen molar-refractivity contribution in [2.45, 2.75) is 19.1 Å². The van der Waals surface area contributed by atoms with Gasteiger partial charge in [-0.1, -0.05) is 6.07 Å². The van der Waals surface area contributed by atoms with E-state index in [9.17, 15) is 22.4 Å². The lowest BCUT2D eigenvalue weighted by atomic mass is 10.1. The average molecular weight is 396 g/mol. The normalized spacial score (nSPS) is 16.7. The fraction of sp³-hybridized carbons (Fsp3) is 0.350. The molecule has 0 unspecified atom stereocenters. The molecular weight excluding hydrogens is 374 g/mol. The Balaban J connectivity index is 1.57. The van der Waals surface area contributed by atoms with Crippen molar-refractivity contribution < 1.29 is 27.3 Å². The van der Waals surface area contributed by atoms with Gasteiger partial charge in [-0.2, -0.15) is 13.2 Å². The van der Waals surface area contributed by atoms with Crippen LogP contribution in [0, 0.1) is 5.82 Å². The van der Waals surface area contributed by atoms with Gasteiger partial charge in [0.2, 0.25) is 0 Å². The second kappa shape index (κ2) is 8.18. The lowest BCUT2D eigenvalue weighted by Crippen LogP contribution is -3.19. The summed E-state index contributed by atoms with van der Waals surface area (Å²) in [5, 5.41) is 2.59. The molecule has 1 fully saturated rings. The Morgan fingerprint density at radius 3 is 2.36 bits per heavy atom. The molecule has 0 radical (unpaired) electrons. The number of benzene rings is 2. The number of carbonyl (C=O) groups excluding carboxylic acids is 1. The van der Waals surface area contributed by atoms with Gasteiger partial charge in [0, 0.05) is 11.4 Å². The number of nitrogens with one attached hydrogen (secondary N) is 2. The van der Waals surface area contributed by atoms with Gasteiger partial charge in [-0.05, 0) is 49.4 Å². The third-order valence-electron chi connectivity index (χ3n) is 5.06.